The van der Waals surface area contributed by atoms with Gasteiger partial charge in [-0.05, 0) is 37.0 Å². The van der Waals surface area contributed by atoms with E-state index < -0.39 is 0 Å². The highest BCUT2D eigenvalue weighted by Gasteiger charge is 2.39. The van der Waals surface area contributed by atoms with Crippen LogP contribution in [-0.4, -0.2) is 5.91 Å². The number of carbonyl (C=O) groups excluding carboxylic acids is 1. The normalized spacial score (nSPS) is 16.8. The van der Waals surface area contributed by atoms with Crippen molar-refractivity contribution in [3.8, 4) is 6.07 Å². The largest absolute Gasteiger partial charge is 0.326 e. The molecule has 19 heavy (non-hydrogen) atoms. The molecule has 0 aromatic heterocycles. The van der Waals surface area contributed by atoms with E-state index >= 15 is 0 Å². The van der Waals surface area contributed by atoms with Crippen LogP contribution in [0.2, 0.25) is 0 Å². The first-order chi connectivity index (χ1) is 9.20. The molecule has 0 heterocycles. The molecule has 1 amide bonds. The molecule has 1 aromatic rings. The molecule has 1 saturated carbocycles. The van der Waals surface area contributed by atoms with Crippen LogP contribution in [0.15, 0.2) is 24.3 Å². The van der Waals surface area contributed by atoms with Crippen molar-refractivity contribution in [2.24, 2.45) is 5.41 Å². The van der Waals surface area contributed by atoms with Gasteiger partial charge >= 0.3 is 0 Å². The summed E-state index contributed by atoms with van der Waals surface area (Å²) >= 11 is 0. The zero-order chi connectivity index (χ0) is 13.7. The highest BCUT2D eigenvalue weighted by molar-refractivity contribution is 5.95. The molecule has 3 heteroatoms. The maximum Gasteiger partial charge on any atom is 0.230 e. The monoisotopic (exact) mass is 256 g/mol. The standard InChI is InChI=1S/C16H20N2O/c1-2-16(10-3-4-11-16)15(19)18-14-7-5-13(6-8-14)9-12-17/h5-8H,2-4,9-11H2,1H3,(H,18,19). The van der Waals surface area contributed by atoms with Gasteiger partial charge in [0.1, 0.15) is 0 Å². The number of nitrogens with zero attached hydrogens (tertiary/aromatic N) is 1. The highest BCUT2D eigenvalue weighted by atomic mass is 16.2. The molecule has 100 valence electrons. The van der Waals surface area contributed by atoms with Gasteiger partial charge in [0.05, 0.1) is 12.5 Å². The van der Waals surface area contributed by atoms with Crippen molar-refractivity contribution < 1.29 is 4.79 Å². The number of carbonyl (C=O) groups is 1. The first-order valence-electron chi connectivity index (χ1n) is 6.97. The zero-order valence-corrected chi connectivity index (χ0v) is 11.4. The topological polar surface area (TPSA) is 52.9 Å². The fourth-order valence-electron chi connectivity index (χ4n) is 2.85. The van der Waals surface area contributed by atoms with Crippen LogP contribution in [0.3, 0.4) is 0 Å². The van der Waals surface area contributed by atoms with Crippen LogP contribution in [0.5, 0.6) is 0 Å². The predicted molar refractivity (Wildman–Crippen MR) is 75.6 cm³/mol. The Kier molecular flexibility index (Phi) is 4.21. The lowest BCUT2D eigenvalue weighted by atomic mass is 9.82. The van der Waals surface area contributed by atoms with E-state index in [-0.39, 0.29) is 11.3 Å². The Balaban J connectivity index is 2.04. The van der Waals surface area contributed by atoms with E-state index in [0.29, 0.717) is 6.42 Å². The molecule has 1 aliphatic carbocycles. The van der Waals surface area contributed by atoms with Crippen molar-refractivity contribution in [3.05, 3.63) is 29.8 Å². The minimum absolute atomic E-state index is 0.153. The van der Waals surface area contributed by atoms with Crippen LogP contribution in [-0.2, 0) is 11.2 Å². The molecule has 0 radical (unpaired) electrons. The van der Waals surface area contributed by atoms with Gasteiger partial charge in [-0.2, -0.15) is 5.26 Å². The van der Waals surface area contributed by atoms with E-state index in [9.17, 15) is 4.79 Å². The van der Waals surface area contributed by atoms with Gasteiger partial charge in [0, 0.05) is 11.1 Å². The molecule has 1 fully saturated rings. The number of anilines is 1. The summed E-state index contributed by atoms with van der Waals surface area (Å²) in [5.41, 5.74) is 1.64. The molecule has 0 aliphatic heterocycles. The molecule has 0 unspecified atom stereocenters. The Hall–Kier alpha value is -1.82. The van der Waals surface area contributed by atoms with Crippen molar-refractivity contribution in [1.82, 2.24) is 0 Å². The zero-order valence-electron chi connectivity index (χ0n) is 11.4. The molecule has 3 nitrogen and oxygen atoms in total. The maximum atomic E-state index is 12.4. The maximum absolute atomic E-state index is 12.4. The van der Waals surface area contributed by atoms with Gasteiger partial charge in [0.25, 0.3) is 0 Å². The lowest BCUT2D eigenvalue weighted by molar-refractivity contribution is -0.125. The van der Waals surface area contributed by atoms with Gasteiger partial charge in [-0.3, -0.25) is 4.79 Å². The predicted octanol–water partition coefficient (Wildman–Crippen LogP) is 3.66. The fourth-order valence-corrected chi connectivity index (χ4v) is 2.85. The number of nitriles is 1. The summed E-state index contributed by atoms with van der Waals surface area (Å²) in [6.45, 7) is 2.10. The summed E-state index contributed by atoms with van der Waals surface area (Å²) in [6, 6.07) is 9.66. The lowest BCUT2D eigenvalue weighted by Crippen LogP contribution is -2.33. The fraction of sp³-hybridized carbons (Fsp3) is 0.500. The second kappa shape index (κ2) is 5.88. The molecule has 0 atom stereocenters. The van der Waals surface area contributed by atoms with Crippen LogP contribution >= 0.6 is 0 Å². The van der Waals surface area contributed by atoms with Gasteiger partial charge in [-0.15, -0.1) is 0 Å². The average molecular weight is 256 g/mol. The third-order valence-corrected chi connectivity index (χ3v) is 4.21. The minimum atomic E-state index is -0.161. The van der Waals surface area contributed by atoms with Crippen LogP contribution in [0.1, 0.15) is 44.6 Å². The quantitative estimate of drug-likeness (QED) is 0.893. The highest BCUT2D eigenvalue weighted by Crippen LogP contribution is 2.41. The van der Waals surface area contributed by atoms with E-state index in [1.807, 2.05) is 24.3 Å². The molecule has 0 bridgehead atoms. The number of nitrogens with one attached hydrogen (secondary N) is 1. The Morgan fingerprint density at radius 2 is 1.95 bits per heavy atom. The smallest absolute Gasteiger partial charge is 0.230 e. The molecular weight excluding hydrogens is 236 g/mol. The van der Waals surface area contributed by atoms with Gasteiger partial charge < -0.3 is 5.32 Å². The molecular formula is C16H20N2O. The molecule has 0 saturated heterocycles. The lowest BCUT2D eigenvalue weighted by Gasteiger charge is -2.26. The van der Waals surface area contributed by atoms with Crippen LogP contribution in [0.4, 0.5) is 5.69 Å². The van der Waals surface area contributed by atoms with E-state index in [4.69, 9.17) is 5.26 Å². The van der Waals surface area contributed by atoms with Gasteiger partial charge in [-0.25, -0.2) is 0 Å². The summed E-state index contributed by atoms with van der Waals surface area (Å²) in [6.07, 6.45) is 5.63. The third kappa shape index (κ3) is 2.96. The molecule has 2 rings (SSSR count). The Morgan fingerprint density at radius 1 is 1.32 bits per heavy atom. The van der Waals surface area contributed by atoms with Gasteiger partial charge in [0.2, 0.25) is 5.91 Å². The van der Waals surface area contributed by atoms with Crippen LogP contribution in [0, 0.1) is 16.7 Å². The van der Waals surface area contributed by atoms with Crippen LogP contribution < -0.4 is 5.32 Å². The summed E-state index contributed by atoms with van der Waals surface area (Å²) in [5.74, 6) is 0.153. The Bertz CT molecular complexity index is 478. The second-order valence-corrected chi connectivity index (χ2v) is 5.33. The van der Waals surface area contributed by atoms with E-state index in [1.165, 1.54) is 0 Å². The summed E-state index contributed by atoms with van der Waals surface area (Å²) in [7, 11) is 0. The van der Waals surface area contributed by atoms with Crippen molar-refractivity contribution in [1.29, 1.82) is 5.26 Å². The SMILES string of the molecule is CCC1(C(=O)Nc2ccc(CC#N)cc2)CCCC1. The Labute approximate surface area is 114 Å². The summed E-state index contributed by atoms with van der Waals surface area (Å²) < 4.78 is 0. The first-order valence-corrected chi connectivity index (χ1v) is 6.97. The van der Waals surface area contributed by atoms with E-state index in [2.05, 4.69) is 18.3 Å². The number of rotatable bonds is 4. The molecule has 1 aromatic carbocycles. The number of amides is 1. The minimum Gasteiger partial charge on any atom is -0.326 e. The van der Waals surface area contributed by atoms with Crippen molar-refractivity contribution in [2.75, 3.05) is 5.32 Å². The number of hydrogen-bond donors (Lipinski definition) is 1. The molecule has 1 aliphatic rings. The summed E-state index contributed by atoms with van der Waals surface area (Å²) in [4.78, 5) is 12.4. The number of hydrogen-bond acceptors (Lipinski definition) is 2. The average Bonchev–Trinajstić information content (AvgIpc) is 2.91. The first kappa shape index (κ1) is 13.6. The van der Waals surface area contributed by atoms with Gasteiger partial charge in [0.15, 0.2) is 0 Å². The van der Waals surface area contributed by atoms with Crippen molar-refractivity contribution in [3.63, 3.8) is 0 Å². The van der Waals surface area contributed by atoms with Crippen molar-refractivity contribution >= 4 is 11.6 Å². The van der Waals surface area contributed by atoms with E-state index in [0.717, 1.165) is 43.4 Å². The van der Waals surface area contributed by atoms with Crippen molar-refractivity contribution in [2.45, 2.75) is 45.4 Å². The molecule has 0 spiro atoms. The second-order valence-electron chi connectivity index (χ2n) is 5.33. The summed E-state index contributed by atoms with van der Waals surface area (Å²) in [5, 5.41) is 11.6. The van der Waals surface area contributed by atoms with Crippen LogP contribution in [0.25, 0.3) is 0 Å². The van der Waals surface area contributed by atoms with E-state index in [1.54, 1.807) is 0 Å². The Morgan fingerprint density at radius 3 is 2.47 bits per heavy atom. The number of benzene rings is 1. The third-order valence-electron chi connectivity index (χ3n) is 4.21. The van der Waals surface area contributed by atoms with Gasteiger partial charge in [-0.1, -0.05) is 31.9 Å². The molecule has 1 N–H and O–H groups in total.